The third kappa shape index (κ3) is 1.69. The molecule has 0 aromatic carbocycles. The maximum atomic E-state index is 11.0. The molecule has 3 heteroatoms. The minimum absolute atomic E-state index is 0.375. The van der Waals surface area contributed by atoms with Gasteiger partial charge in [-0.15, -0.1) is 0 Å². The van der Waals surface area contributed by atoms with Gasteiger partial charge in [-0.3, -0.25) is 0 Å². The summed E-state index contributed by atoms with van der Waals surface area (Å²) in [5, 5.41) is 0. The van der Waals surface area contributed by atoms with E-state index in [0.717, 1.165) is 18.6 Å². The van der Waals surface area contributed by atoms with Crippen molar-refractivity contribution in [2.75, 3.05) is 6.61 Å². The van der Waals surface area contributed by atoms with Crippen molar-refractivity contribution in [1.82, 2.24) is 0 Å². The fourth-order valence-corrected chi connectivity index (χ4v) is 2.16. The molecule has 2 rings (SSSR count). The van der Waals surface area contributed by atoms with Gasteiger partial charge in [0.15, 0.2) is 0 Å². The van der Waals surface area contributed by atoms with Crippen molar-refractivity contribution in [3.8, 4) is 0 Å². The van der Waals surface area contributed by atoms with Gasteiger partial charge in [-0.2, -0.15) is 0 Å². The van der Waals surface area contributed by atoms with Crippen LogP contribution in [0.1, 0.15) is 26.2 Å². The standard InChI is InChI=1S/C10H14O3/c1-2-12-10(11)13-9-6-7-3-4-8(9)5-7/h6-8H,2-5H2,1H3. The van der Waals surface area contributed by atoms with Crippen molar-refractivity contribution >= 4 is 6.16 Å². The van der Waals surface area contributed by atoms with E-state index in [0.29, 0.717) is 18.4 Å². The van der Waals surface area contributed by atoms with Crippen molar-refractivity contribution in [3.63, 3.8) is 0 Å². The van der Waals surface area contributed by atoms with Gasteiger partial charge in [-0.05, 0) is 38.2 Å². The van der Waals surface area contributed by atoms with Gasteiger partial charge in [-0.25, -0.2) is 4.79 Å². The third-order valence-electron chi connectivity index (χ3n) is 2.74. The first-order valence-corrected chi connectivity index (χ1v) is 4.86. The van der Waals surface area contributed by atoms with E-state index >= 15 is 0 Å². The first-order chi connectivity index (χ1) is 6.29. The maximum absolute atomic E-state index is 11.0. The van der Waals surface area contributed by atoms with Gasteiger partial charge in [-0.1, -0.05) is 0 Å². The summed E-state index contributed by atoms with van der Waals surface area (Å²) >= 11 is 0. The Hall–Kier alpha value is -0.990. The van der Waals surface area contributed by atoms with Gasteiger partial charge in [0.05, 0.1) is 6.61 Å². The highest BCUT2D eigenvalue weighted by molar-refractivity contribution is 5.61. The first kappa shape index (κ1) is 8.60. The highest BCUT2D eigenvalue weighted by atomic mass is 16.7. The lowest BCUT2D eigenvalue weighted by molar-refractivity contribution is 0.0751. The van der Waals surface area contributed by atoms with E-state index in [1.807, 2.05) is 0 Å². The van der Waals surface area contributed by atoms with Crippen molar-refractivity contribution in [2.24, 2.45) is 11.8 Å². The summed E-state index contributed by atoms with van der Waals surface area (Å²) in [5.74, 6) is 1.97. The van der Waals surface area contributed by atoms with Crippen LogP contribution >= 0.6 is 0 Å². The number of carbonyl (C=O) groups is 1. The molecule has 0 aromatic rings. The topological polar surface area (TPSA) is 35.5 Å². The van der Waals surface area contributed by atoms with E-state index in [2.05, 4.69) is 6.08 Å². The fourth-order valence-electron chi connectivity index (χ4n) is 2.16. The summed E-state index contributed by atoms with van der Waals surface area (Å²) in [7, 11) is 0. The molecule has 2 bridgehead atoms. The fraction of sp³-hybridized carbons (Fsp3) is 0.700. The predicted molar refractivity (Wildman–Crippen MR) is 47.0 cm³/mol. The Kier molecular flexibility index (Phi) is 2.25. The van der Waals surface area contributed by atoms with Gasteiger partial charge in [0.2, 0.25) is 0 Å². The van der Waals surface area contributed by atoms with Gasteiger partial charge in [0.1, 0.15) is 5.76 Å². The molecule has 0 spiro atoms. The number of rotatable bonds is 2. The van der Waals surface area contributed by atoms with Crippen LogP contribution < -0.4 is 0 Å². The molecule has 2 atom stereocenters. The molecule has 13 heavy (non-hydrogen) atoms. The number of ether oxygens (including phenoxy) is 2. The molecule has 2 aliphatic carbocycles. The lowest BCUT2D eigenvalue weighted by atomic mass is 10.1. The summed E-state index contributed by atoms with van der Waals surface area (Å²) in [6, 6.07) is 0. The maximum Gasteiger partial charge on any atom is 0.513 e. The average Bonchev–Trinajstić information content (AvgIpc) is 2.65. The Morgan fingerprint density at radius 1 is 1.62 bits per heavy atom. The van der Waals surface area contributed by atoms with Crippen molar-refractivity contribution in [2.45, 2.75) is 26.2 Å². The van der Waals surface area contributed by atoms with Crippen LogP contribution in [0.3, 0.4) is 0 Å². The summed E-state index contributed by atoms with van der Waals surface area (Å²) in [6.07, 6.45) is 5.09. The van der Waals surface area contributed by atoms with Gasteiger partial charge >= 0.3 is 6.16 Å². The van der Waals surface area contributed by atoms with Gasteiger partial charge in [0, 0.05) is 5.92 Å². The van der Waals surface area contributed by atoms with Crippen molar-refractivity contribution in [3.05, 3.63) is 11.8 Å². The monoisotopic (exact) mass is 182 g/mol. The Bertz CT molecular complexity index is 245. The second-order valence-corrected chi connectivity index (χ2v) is 3.62. The Morgan fingerprint density at radius 2 is 2.46 bits per heavy atom. The second kappa shape index (κ2) is 3.40. The average molecular weight is 182 g/mol. The van der Waals surface area contributed by atoms with Crippen LogP contribution in [-0.4, -0.2) is 12.8 Å². The van der Waals surface area contributed by atoms with E-state index in [9.17, 15) is 4.79 Å². The van der Waals surface area contributed by atoms with Crippen molar-refractivity contribution in [1.29, 1.82) is 0 Å². The van der Waals surface area contributed by atoms with Crippen LogP contribution in [0.15, 0.2) is 11.8 Å². The van der Waals surface area contributed by atoms with Gasteiger partial charge < -0.3 is 9.47 Å². The zero-order valence-corrected chi connectivity index (χ0v) is 7.79. The Labute approximate surface area is 77.7 Å². The summed E-state index contributed by atoms with van der Waals surface area (Å²) < 4.78 is 9.80. The Balaban J connectivity index is 1.89. The minimum atomic E-state index is -0.554. The summed E-state index contributed by atoms with van der Waals surface area (Å²) in [6.45, 7) is 2.15. The molecule has 0 heterocycles. The zero-order valence-electron chi connectivity index (χ0n) is 7.79. The number of allylic oxidation sites excluding steroid dienone is 2. The van der Waals surface area contributed by atoms with Crippen LogP contribution in [0, 0.1) is 11.8 Å². The quantitative estimate of drug-likeness (QED) is 0.615. The Morgan fingerprint density at radius 3 is 3.00 bits per heavy atom. The largest absolute Gasteiger partial charge is 0.513 e. The van der Waals surface area contributed by atoms with E-state index in [1.165, 1.54) is 6.42 Å². The van der Waals surface area contributed by atoms with E-state index in [4.69, 9.17) is 9.47 Å². The van der Waals surface area contributed by atoms with E-state index in [-0.39, 0.29) is 0 Å². The second-order valence-electron chi connectivity index (χ2n) is 3.62. The molecule has 2 aliphatic rings. The number of hydrogen-bond donors (Lipinski definition) is 0. The molecular weight excluding hydrogens is 168 g/mol. The van der Waals surface area contributed by atoms with Crippen LogP contribution in [0.5, 0.6) is 0 Å². The molecule has 0 aliphatic heterocycles. The summed E-state index contributed by atoms with van der Waals surface area (Å²) in [4.78, 5) is 11.0. The third-order valence-corrected chi connectivity index (χ3v) is 2.74. The number of fused-ring (bicyclic) bond motifs is 2. The number of carbonyl (C=O) groups excluding carboxylic acids is 1. The van der Waals surface area contributed by atoms with Crippen LogP contribution in [0.25, 0.3) is 0 Å². The molecular formula is C10H14O3. The minimum Gasteiger partial charge on any atom is -0.434 e. The van der Waals surface area contributed by atoms with Crippen LogP contribution in [0.2, 0.25) is 0 Å². The van der Waals surface area contributed by atoms with Crippen LogP contribution in [0.4, 0.5) is 4.79 Å². The molecule has 0 N–H and O–H groups in total. The highest BCUT2D eigenvalue weighted by Crippen LogP contribution is 2.43. The van der Waals surface area contributed by atoms with Gasteiger partial charge in [0.25, 0.3) is 0 Å². The predicted octanol–water partition coefficient (Wildman–Crippen LogP) is 2.47. The molecule has 1 fully saturated rings. The lowest BCUT2D eigenvalue weighted by Gasteiger charge is -2.12. The van der Waals surface area contributed by atoms with Crippen LogP contribution in [-0.2, 0) is 9.47 Å². The highest BCUT2D eigenvalue weighted by Gasteiger charge is 2.35. The molecule has 0 radical (unpaired) electrons. The van der Waals surface area contributed by atoms with E-state index in [1.54, 1.807) is 6.92 Å². The van der Waals surface area contributed by atoms with E-state index < -0.39 is 6.16 Å². The first-order valence-electron chi connectivity index (χ1n) is 4.86. The SMILES string of the molecule is CCOC(=O)OC1=CC2CCC1C2. The zero-order chi connectivity index (χ0) is 9.26. The summed E-state index contributed by atoms with van der Waals surface area (Å²) in [5.41, 5.74) is 0. The molecule has 2 unspecified atom stereocenters. The lowest BCUT2D eigenvalue weighted by Crippen LogP contribution is -2.10. The molecule has 1 saturated carbocycles. The normalized spacial score (nSPS) is 30.1. The molecule has 72 valence electrons. The molecule has 0 saturated heterocycles. The molecule has 3 nitrogen and oxygen atoms in total. The molecule has 0 aromatic heterocycles. The smallest absolute Gasteiger partial charge is 0.434 e. The van der Waals surface area contributed by atoms with Crippen molar-refractivity contribution < 1.29 is 14.3 Å². The molecule has 0 amide bonds. The number of hydrogen-bond acceptors (Lipinski definition) is 3.